The summed E-state index contributed by atoms with van der Waals surface area (Å²) in [6.45, 7) is 3.91. The number of benzene rings is 1. The van der Waals surface area contributed by atoms with Crippen molar-refractivity contribution in [3.05, 3.63) is 68.3 Å². The maximum Gasteiger partial charge on any atom is 0.337 e. The first-order chi connectivity index (χ1) is 11.1. The molecule has 0 fully saturated rings. The second kappa shape index (κ2) is 6.42. The van der Waals surface area contributed by atoms with E-state index in [1.54, 1.807) is 0 Å². The maximum atomic E-state index is 12.3. The highest BCUT2D eigenvalue weighted by atomic mass is 32.2. The summed E-state index contributed by atoms with van der Waals surface area (Å²) in [5.41, 5.74) is 1.11. The Balaban J connectivity index is 2.03. The van der Waals surface area contributed by atoms with Gasteiger partial charge in [-0.2, -0.15) is 4.98 Å². The summed E-state index contributed by atoms with van der Waals surface area (Å²) in [5, 5.41) is 0.900. The first kappa shape index (κ1) is 15.6. The molecule has 6 heteroatoms. The van der Waals surface area contributed by atoms with Crippen molar-refractivity contribution in [2.45, 2.75) is 30.7 Å². The molecule has 0 spiro atoms. The molecule has 0 aliphatic rings. The third-order valence-corrected chi connectivity index (χ3v) is 4.66. The van der Waals surface area contributed by atoms with Crippen LogP contribution in [0.4, 0.5) is 0 Å². The fraction of sp³-hybridized carbons (Fsp3) is 0.235. The van der Waals surface area contributed by atoms with Crippen molar-refractivity contribution in [2.24, 2.45) is 0 Å². The molecule has 0 saturated carbocycles. The van der Waals surface area contributed by atoms with Crippen molar-refractivity contribution in [2.75, 3.05) is 0 Å². The van der Waals surface area contributed by atoms with Gasteiger partial charge in [-0.1, -0.05) is 49.0 Å². The van der Waals surface area contributed by atoms with Gasteiger partial charge in [0, 0.05) is 11.3 Å². The number of hydrogen-bond acceptors (Lipinski definition) is 5. The van der Waals surface area contributed by atoms with E-state index in [0.29, 0.717) is 22.5 Å². The smallest absolute Gasteiger partial charge is 0.337 e. The minimum absolute atomic E-state index is 0.0980. The zero-order chi connectivity index (χ0) is 16.4. The number of H-pyrrole nitrogens is 1. The Hall–Kier alpha value is -2.34. The Kier molecular flexibility index (Phi) is 4.34. The predicted molar refractivity (Wildman–Crippen MR) is 91.0 cm³/mol. The largest absolute Gasteiger partial charge is 0.403 e. The molecule has 118 valence electrons. The molecule has 0 saturated heterocycles. The summed E-state index contributed by atoms with van der Waals surface area (Å²) in [6, 6.07) is 11.3. The van der Waals surface area contributed by atoms with Gasteiger partial charge in [0.2, 0.25) is 5.71 Å². The highest BCUT2D eigenvalue weighted by Crippen LogP contribution is 2.32. The number of aromatic nitrogens is 2. The summed E-state index contributed by atoms with van der Waals surface area (Å²) in [7, 11) is 0. The summed E-state index contributed by atoms with van der Waals surface area (Å²) in [5.74, 6) is 0. The van der Waals surface area contributed by atoms with E-state index >= 15 is 0 Å². The second-order valence-corrected chi connectivity index (χ2v) is 6.50. The summed E-state index contributed by atoms with van der Waals surface area (Å²) in [4.78, 5) is 31.0. The fourth-order valence-electron chi connectivity index (χ4n) is 2.42. The minimum atomic E-state index is -0.487. The van der Waals surface area contributed by atoms with Crippen LogP contribution in [-0.2, 0) is 6.42 Å². The van der Waals surface area contributed by atoms with E-state index in [0.717, 1.165) is 5.56 Å². The molecular weight excluding hydrogens is 312 g/mol. The quantitative estimate of drug-likeness (QED) is 0.587. The topological polar surface area (TPSA) is 76.0 Å². The molecule has 1 unspecified atom stereocenters. The first-order valence-electron chi connectivity index (χ1n) is 7.37. The van der Waals surface area contributed by atoms with Gasteiger partial charge in [0.1, 0.15) is 5.39 Å². The average Bonchev–Trinajstić information content (AvgIpc) is 2.54. The average molecular weight is 328 g/mol. The maximum absolute atomic E-state index is 12.3. The number of aromatic amines is 1. The van der Waals surface area contributed by atoms with Gasteiger partial charge < -0.3 is 9.40 Å². The molecule has 0 amide bonds. The molecule has 3 aromatic rings. The van der Waals surface area contributed by atoms with E-state index in [4.69, 9.17) is 4.42 Å². The third kappa shape index (κ3) is 3.22. The summed E-state index contributed by atoms with van der Waals surface area (Å²) < 4.78 is 5.11. The Labute approximate surface area is 136 Å². The van der Waals surface area contributed by atoms with Crippen molar-refractivity contribution >= 4 is 22.9 Å². The van der Waals surface area contributed by atoms with Crippen LogP contribution in [0.25, 0.3) is 11.1 Å². The molecule has 2 heterocycles. The standard InChI is InChI=1S/C17H16N2O3S/c1-3-11-9-13(20)22-16-14(11)15(21)18-17(19-16)23-10(2)12-7-5-4-6-8-12/h4-10H,3H2,1-2H3,(H,18,19,21). The molecule has 3 rings (SSSR count). The number of nitrogens with one attached hydrogen (secondary N) is 1. The van der Waals surface area contributed by atoms with Crippen LogP contribution in [0.5, 0.6) is 0 Å². The van der Waals surface area contributed by atoms with Gasteiger partial charge in [0.15, 0.2) is 5.16 Å². The summed E-state index contributed by atoms with van der Waals surface area (Å²) >= 11 is 1.42. The molecule has 0 radical (unpaired) electrons. The highest BCUT2D eigenvalue weighted by Gasteiger charge is 2.14. The van der Waals surface area contributed by atoms with Crippen LogP contribution in [0.1, 0.15) is 30.2 Å². The van der Waals surface area contributed by atoms with Crippen LogP contribution in [-0.4, -0.2) is 9.97 Å². The van der Waals surface area contributed by atoms with Gasteiger partial charge >= 0.3 is 5.63 Å². The Morgan fingerprint density at radius 1 is 1.26 bits per heavy atom. The normalized spacial score (nSPS) is 12.4. The van der Waals surface area contributed by atoms with Crippen LogP contribution in [0.3, 0.4) is 0 Å². The lowest BCUT2D eigenvalue weighted by atomic mass is 10.1. The van der Waals surface area contributed by atoms with Crippen molar-refractivity contribution < 1.29 is 4.42 Å². The zero-order valence-electron chi connectivity index (χ0n) is 12.8. The SMILES string of the molecule is CCc1cc(=O)oc2nc(SC(C)c3ccccc3)[nH]c(=O)c12. The third-order valence-electron chi connectivity index (χ3n) is 3.61. The van der Waals surface area contributed by atoms with Gasteiger partial charge in [-0.05, 0) is 24.5 Å². The summed E-state index contributed by atoms with van der Waals surface area (Å²) in [6.07, 6.45) is 0.569. The predicted octanol–water partition coefficient (Wildman–Crippen LogP) is 3.29. The molecular formula is C17H16N2O3S. The lowest BCUT2D eigenvalue weighted by molar-refractivity contribution is 0.541. The van der Waals surface area contributed by atoms with Crippen LogP contribution < -0.4 is 11.2 Å². The lowest BCUT2D eigenvalue weighted by Crippen LogP contribution is -2.14. The monoisotopic (exact) mass is 328 g/mol. The number of rotatable bonds is 4. The lowest BCUT2D eigenvalue weighted by Gasteiger charge is -2.11. The van der Waals surface area contributed by atoms with Crippen LogP contribution in [0.2, 0.25) is 0 Å². The fourth-order valence-corrected chi connectivity index (χ4v) is 3.34. The zero-order valence-corrected chi connectivity index (χ0v) is 13.6. The molecule has 0 bridgehead atoms. The van der Waals surface area contributed by atoms with Crippen molar-refractivity contribution in [1.29, 1.82) is 0 Å². The van der Waals surface area contributed by atoms with E-state index in [2.05, 4.69) is 9.97 Å². The van der Waals surface area contributed by atoms with Gasteiger partial charge in [0.25, 0.3) is 5.56 Å². The van der Waals surface area contributed by atoms with Crippen molar-refractivity contribution in [1.82, 2.24) is 9.97 Å². The Morgan fingerprint density at radius 3 is 2.70 bits per heavy atom. The molecule has 0 aliphatic heterocycles. The molecule has 1 atom stereocenters. The number of nitrogens with zero attached hydrogens (tertiary/aromatic N) is 1. The first-order valence-corrected chi connectivity index (χ1v) is 8.25. The van der Waals surface area contributed by atoms with Crippen LogP contribution in [0, 0.1) is 0 Å². The molecule has 2 aromatic heterocycles. The number of thioether (sulfide) groups is 1. The van der Waals surface area contributed by atoms with Gasteiger partial charge in [-0.3, -0.25) is 4.79 Å². The van der Waals surface area contributed by atoms with Crippen molar-refractivity contribution in [3.63, 3.8) is 0 Å². The van der Waals surface area contributed by atoms with Crippen LogP contribution >= 0.6 is 11.8 Å². The minimum Gasteiger partial charge on any atom is -0.403 e. The number of aryl methyl sites for hydroxylation is 1. The Bertz CT molecular complexity index is 947. The molecule has 1 N–H and O–H groups in total. The van der Waals surface area contributed by atoms with Crippen LogP contribution in [0.15, 0.2) is 55.6 Å². The van der Waals surface area contributed by atoms with E-state index in [9.17, 15) is 9.59 Å². The number of hydrogen-bond donors (Lipinski definition) is 1. The number of fused-ring (bicyclic) bond motifs is 1. The van der Waals surface area contributed by atoms with Crippen molar-refractivity contribution in [3.8, 4) is 0 Å². The second-order valence-electron chi connectivity index (χ2n) is 5.17. The molecule has 0 aliphatic carbocycles. The van der Waals surface area contributed by atoms with E-state index in [1.165, 1.54) is 17.8 Å². The molecule has 23 heavy (non-hydrogen) atoms. The molecule has 5 nitrogen and oxygen atoms in total. The highest BCUT2D eigenvalue weighted by molar-refractivity contribution is 7.99. The van der Waals surface area contributed by atoms with E-state index < -0.39 is 5.63 Å². The Morgan fingerprint density at radius 2 is 2.00 bits per heavy atom. The van der Waals surface area contributed by atoms with Gasteiger partial charge in [-0.25, -0.2) is 4.79 Å². The van der Waals surface area contributed by atoms with E-state index in [-0.39, 0.29) is 16.5 Å². The van der Waals surface area contributed by atoms with Gasteiger partial charge in [-0.15, -0.1) is 0 Å². The van der Waals surface area contributed by atoms with E-state index in [1.807, 2.05) is 44.2 Å². The van der Waals surface area contributed by atoms with Gasteiger partial charge in [0.05, 0.1) is 0 Å². The molecule has 1 aromatic carbocycles.